The van der Waals surface area contributed by atoms with Crippen LogP contribution in [0.5, 0.6) is 5.75 Å². The minimum absolute atomic E-state index is 0.108. The Bertz CT molecular complexity index is 763. The van der Waals surface area contributed by atoms with Crippen molar-refractivity contribution in [3.63, 3.8) is 0 Å². The maximum atomic E-state index is 13.7. The molecule has 2 aromatic rings. The highest BCUT2D eigenvalue weighted by atomic mass is 19.1. The van der Waals surface area contributed by atoms with Crippen LogP contribution in [0.15, 0.2) is 36.5 Å². The Balaban J connectivity index is 1.60. The van der Waals surface area contributed by atoms with Crippen molar-refractivity contribution in [3.05, 3.63) is 59.2 Å². The van der Waals surface area contributed by atoms with E-state index in [0.717, 1.165) is 24.3 Å². The van der Waals surface area contributed by atoms with Gasteiger partial charge >= 0.3 is 0 Å². The summed E-state index contributed by atoms with van der Waals surface area (Å²) in [5.74, 6) is 0.636. The highest BCUT2D eigenvalue weighted by molar-refractivity contribution is 5.94. The number of aromatic nitrogens is 1. The Labute approximate surface area is 147 Å². The number of carbonyl (C=O) groups excluding carboxylic acids is 1. The molecule has 5 heteroatoms. The predicted molar refractivity (Wildman–Crippen MR) is 94.2 cm³/mol. The molecule has 132 valence electrons. The number of amides is 1. The van der Waals surface area contributed by atoms with E-state index in [9.17, 15) is 9.18 Å². The summed E-state index contributed by atoms with van der Waals surface area (Å²) in [6.07, 6.45) is 3.69. The molecule has 1 fully saturated rings. The summed E-state index contributed by atoms with van der Waals surface area (Å²) >= 11 is 0. The second-order valence-corrected chi connectivity index (χ2v) is 6.67. The van der Waals surface area contributed by atoms with E-state index in [1.807, 2.05) is 19.1 Å². The number of pyridine rings is 1. The lowest BCUT2D eigenvalue weighted by atomic mass is 9.98. The Morgan fingerprint density at radius 2 is 2.16 bits per heavy atom. The van der Waals surface area contributed by atoms with Crippen molar-refractivity contribution < 1.29 is 13.9 Å². The third kappa shape index (κ3) is 4.35. The predicted octanol–water partition coefficient (Wildman–Crippen LogP) is 3.77. The van der Waals surface area contributed by atoms with Gasteiger partial charge in [0.25, 0.3) is 5.91 Å². The van der Waals surface area contributed by atoms with E-state index < -0.39 is 0 Å². The quantitative estimate of drug-likeness (QED) is 0.849. The normalized spacial score (nSPS) is 17.4. The molecular weight excluding hydrogens is 319 g/mol. The number of benzene rings is 1. The van der Waals surface area contributed by atoms with Gasteiger partial charge in [0.2, 0.25) is 0 Å². The first kappa shape index (κ1) is 17.4. The third-order valence-electron chi connectivity index (χ3n) is 4.58. The summed E-state index contributed by atoms with van der Waals surface area (Å²) in [6.45, 7) is 5.53. The summed E-state index contributed by atoms with van der Waals surface area (Å²) in [4.78, 5) is 18.6. The second-order valence-electron chi connectivity index (χ2n) is 6.67. The monoisotopic (exact) mass is 342 g/mol. The molecule has 25 heavy (non-hydrogen) atoms. The average Bonchev–Trinajstić information content (AvgIpc) is 2.62. The van der Waals surface area contributed by atoms with E-state index in [0.29, 0.717) is 30.8 Å². The van der Waals surface area contributed by atoms with Crippen LogP contribution in [0.1, 0.15) is 34.5 Å². The molecule has 0 N–H and O–H groups in total. The van der Waals surface area contributed by atoms with Crippen molar-refractivity contribution in [2.45, 2.75) is 26.7 Å². The van der Waals surface area contributed by atoms with Gasteiger partial charge in [-0.3, -0.25) is 9.78 Å². The second kappa shape index (κ2) is 7.64. The molecule has 1 amide bonds. The third-order valence-corrected chi connectivity index (χ3v) is 4.58. The number of hydrogen-bond acceptors (Lipinski definition) is 3. The van der Waals surface area contributed by atoms with Gasteiger partial charge in [-0.15, -0.1) is 0 Å². The summed E-state index contributed by atoms with van der Waals surface area (Å²) in [5.41, 5.74) is 1.88. The maximum absolute atomic E-state index is 13.7. The molecular formula is C20H23FN2O2. The van der Waals surface area contributed by atoms with Crippen molar-refractivity contribution >= 4 is 5.91 Å². The molecule has 0 spiro atoms. The lowest BCUT2D eigenvalue weighted by Gasteiger charge is -2.32. The first-order valence-electron chi connectivity index (χ1n) is 8.64. The van der Waals surface area contributed by atoms with Gasteiger partial charge in [-0.1, -0.05) is 6.07 Å². The van der Waals surface area contributed by atoms with Crippen molar-refractivity contribution in [1.29, 1.82) is 0 Å². The molecule has 1 aromatic heterocycles. The molecule has 0 aliphatic carbocycles. The van der Waals surface area contributed by atoms with Gasteiger partial charge in [-0.2, -0.15) is 0 Å². The van der Waals surface area contributed by atoms with E-state index in [4.69, 9.17) is 4.74 Å². The SMILES string of the molecule is Cc1cc(OCC2CCCN(C(=O)c3ccc(C)c(F)c3)C2)ccn1. The number of piperidine rings is 1. The topological polar surface area (TPSA) is 42.4 Å². The number of likely N-dealkylation sites (tertiary alicyclic amines) is 1. The van der Waals surface area contributed by atoms with Gasteiger partial charge in [0.1, 0.15) is 11.6 Å². The Kier molecular flexibility index (Phi) is 5.31. The van der Waals surface area contributed by atoms with Crippen LogP contribution in [0, 0.1) is 25.6 Å². The molecule has 1 aromatic carbocycles. The van der Waals surface area contributed by atoms with Gasteiger partial charge in [0.15, 0.2) is 0 Å². The van der Waals surface area contributed by atoms with Gasteiger partial charge in [-0.25, -0.2) is 4.39 Å². The van der Waals surface area contributed by atoms with Gasteiger partial charge < -0.3 is 9.64 Å². The molecule has 4 nitrogen and oxygen atoms in total. The molecule has 0 bridgehead atoms. The molecule has 1 saturated heterocycles. The number of rotatable bonds is 4. The first-order valence-corrected chi connectivity index (χ1v) is 8.64. The lowest BCUT2D eigenvalue weighted by Crippen LogP contribution is -2.41. The van der Waals surface area contributed by atoms with Crippen LogP contribution >= 0.6 is 0 Å². The van der Waals surface area contributed by atoms with Crippen molar-refractivity contribution in [2.24, 2.45) is 5.92 Å². The first-order chi connectivity index (χ1) is 12.0. The van der Waals surface area contributed by atoms with Gasteiger partial charge in [0, 0.05) is 42.5 Å². The molecule has 1 aliphatic heterocycles. The zero-order valence-corrected chi connectivity index (χ0v) is 14.7. The molecule has 1 atom stereocenters. The Hall–Kier alpha value is -2.43. The minimum atomic E-state index is -0.337. The number of hydrogen-bond donors (Lipinski definition) is 0. The summed E-state index contributed by atoms with van der Waals surface area (Å²) in [7, 11) is 0. The zero-order valence-electron chi connectivity index (χ0n) is 14.7. The number of halogens is 1. The summed E-state index contributed by atoms with van der Waals surface area (Å²) in [6, 6.07) is 8.42. The standard InChI is InChI=1S/C20H23FN2O2/c1-14-5-6-17(11-19(14)21)20(24)23-9-3-4-16(12-23)13-25-18-7-8-22-15(2)10-18/h5-8,10-11,16H,3-4,9,12-13H2,1-2H3. The maximum Gasteiger partial charge on any atom is 0.253 e. The van der Waals surface area contributed by atoms with Crippen molar-refractivity contribution in [1.82, 2.24) is 9.88 Å². The van der Waals surface area contributed by atoms with Crippen LogP contribution in [0.2, 0.25) is 0 Å². The number of carbonyl (C=O) groups is 1. The van der Waals surface area contributed by atoms with E-state index in [-0.39, 0.29) is 17.6 Å². The molecule has 2 heterocycles. The molecule has 3 rings (SSSR count). The van der Waals surface area contributed by atoms with Crippen molar-refractivity contribution in [3.8, 4) is 5.75 Å². The Morgan fingerprint density at radius 1 is 1.32 bits per heavy atom. The highest BCUT2D eigenvalue weighted by Gasteiger charge is 2.25. The smallest absolute Gasteiger partial charge is 0.253 e. The molecule has 1 unspecified atom stereocenters. The van der Waals surface area contributed by atoms with E-state index in [2.05, 4.69) is 4.98 Å². The Morgan fingerprint density at radius 3 is 2.92 bits per heavy atom. The van der Waals surface area contributed by atoms with Gasteiger partial charge in [-0.05, 0) is 50.5 Å². The minimum Gasteiger partial charge on any atom is -0.493 e. The number of aryl methyl sites for hydroxylation is 2. The van der Waals surface area contributed by atoms with Crippen LogP contribution in [0.4, 0.5) is 4.39 Å². The van der Waals surface area contributed by atoms with E-state index in [1.165, 1.54) is 6.07 Å². The average molecular weight is 342 g/mol. The lowest BCUT2D eigenvalue weighted by molar-refractivity contribution is 0.0633. The fourth-order valence-corrected chi connectivity index (χ4v) is 3.12. The molecule has 1 aliphatic rings. The van der Waals surface area contributed by atoms with Crippen molar-refractivity contribution in [2.75, 3.05) is 19.7 Å². The molecule has 0 saturated carbocycles. The fourth-order valence-electron chi connectivity index (χ4n) is 3.12. The summed E-state index contributed by atoms with van der Waals surface area (Å²) in [5, 5.41) is 0. The fraction of sp³-hybridized carbons (Fsp3) is 0.400. The van der Waals surface area contributed by atoms with Crippen LogP contribution in [0.25, 0.3) is 0 Å². The van der Waals surface area contributed by atoms with Crippen LogP contribution in [0.3, 0.4) is 0 Å². The zero-order chi connectivity index (χ0) is 17.8. The number of nitrogens with zero attached hydrogens (tertiary/aromatic N) is 2. The van der Waals surface area contributed by atoms with E-state index in [1.54, 1.807) is 30.2 Å². The highest BCUT2D eigenvalue weighted by Crippen LogP contribution is 2.21. The van der Waals surface area contributed by atoms with Crippen LogP contribution in [-0.2, 0) is 0 Å². The number of ether oxygens (including phenoxy) is 1. The van der Waals surface area contributed by atoms with Gasteiger partial charge in [0.05, 0.1) is 6.61 Å². The van der Waals surface area contributed by atoms with E-state index >= 15 is 0 Å². The van der Waals surface area contributed by atoms with Crippen LogP contribution in [-0.4, -0.2) is 35.5 Å². The molecule has 0 radical (unpaired) electrons. The largest absolute Gasteiger partial charge is 0.493 e. The summed E-state index contributed by atoms with van der Waals surface area (Å²) < 4.78 is 19.6. The van der Waals surface area contributed by atoms with Crippen LogP contribution < -0.4 is 4.74 Å².